The van der Waals surface area contributed by atoms with E-state index < -0.39 is 0 Å². The zero-order chi connectivity index (χ0) is 20.4. The molecule has 152 valence electrons. The van der Waals surface area contributed by atoms with Gasteiger partial charge in [-0.15, -0.1) is 5.10 Å². The largest absolute Gasteiger partial charge is 0.396 e. The molecule has 0 amide bonds. The van der Waals surface area contributed by atoms with Gasteiger partial charge in [-0.25, -0.2) is 4.68 Å². The average Bonchev–Trinajstić information content (AvgIpc) is 3.07. The van der Waals surface area contributed by atoms with E-state index in [-0.39, 0.29) is 6.61 Å². The van der Waals surface area contributed by atoms with Crippen molar-refractivity contribution in [3.63, 3.8) is 0 Å². The van der Waals surface area contributed by atoms with E-state index in [1.165, 1.54) is 11.1 Å². The molecule has 0 spiro atoms. The third-order valence-corrected chi connectivity index (χ3v) is 6.21. The Morgan fingerprint density at radius 3 is 2.62 bits per heavy atom. The second-order valence-electron chi connectivity index (χ2n) is 7.98. The summed E-state index contributed by atoms with van der Waals surface area (Å²) >= 11 is 5.88. The van der Waals surface area contributed by atoms with Crippen molar-refractivity contribution in [2.45, 2.75) is 33.4 Å². The number of rotatable bonds is 5. The van der Waals surface area contributed by atoms with Gasteiger partial charge < -0.3 is 5.11 Å². The first-order valence-corrected chi connectivity index (χ1v) is 10.6. The number of hydrogen-bond acceptors (Lipinski definition) is 4. The lowest BCUT2D eigenvalue weighted by Crippen LogP contribution is -2.38. The van der Waals surface area contributed by atoms with E-state index in [0.717, 1.165) is 43.0 Å². The minimum Gasteiger partial charge on any atom is -0.396 e. The van der Waals surface area contributed by atoms with Crippen LogP contribution in [-0.2, 0) is 6.67 Å². The number of nitrogens with zero attached hydrogens (tertiary/aromatic N) is 4. The fourth-order valence-corrected chi connectivity index (χ4v) is 4.28. The van der Waals surface area contributed by atoms with Crippen LogP contribution in [0.15, 0.2) is 48.5 Å². The molecule has 29 heavy (non-hydrogen) atoms. The van der Waals surface area contributed by atoms with Crippen LogP contribution in [0.5, 0.6) is 0 Å². The zero-order valence-corrected chi connectivity index (χ0v) is 17.9. The molecule has 1 saturated heterocycles. The lowest BCUT2D eigenvalue weighted by molar-refractivity contribution is 0.0939. The Balaban J connectivity index is 1.77. The molecule has 1 fully saturated rings. The highest BCUT2D eigenvalue weighted by atomic mass is 32.1. The van der Waals surface area contributed by atoms with E-state index in [2.05, 4.69) is 53.6 Å². The molecule has 6 heteroatoms. The minimum absolute atomic E-state index is 0.244. The molecule has 5 nitrogen and oxygen atoms in total. The van der Waals surface area contributed by atoms with E-state index in [0.29, 0.717) is 17.4 Å². The number of piperidine rings is 1. The van der Waals surface area contributed by atoms with Crippen LogP contribution in [0.1, 0.15) is 24.0 Å². The van der Waals surface area contributed by atoms with Gasteiger partial charge in [0.15, 0.2) is 5.82 Å². The van der Waals surface area contributed by atoms with Crippen LogP contribution in [0.2, 0.25) is 0 Å². The Kier molecular flexibility index (Phi) is 5.94. The molecule has 1 atom stereocenters. The van der Waals surface area contributed by atoms with Gasteiger partial charge in [0, 0.05) is 18.7 Å². The summed E-state index contributed by atoms with van der Waals surface area (Å²) in [6.45, 7) is 7.03. The first-order valence-electron chi connectivity index (χ1n) is 10.2. The summed E-state index contributed by atoms with van der Waals surface area (Å²) in [5.74, 6) is 1.20. The summed E-state index contributed by atoms with van der Waals surface area (Å²) < 4.78 is 4.69. The lowest BCUT2D eigenvalue weighted by Gasteiger charge is -2.31. The maximum absolute atomic E-state index is 9.55. The van der Waals surface area contributed by atoms with Crippen molar-refractivity contribution in [2.75, 3.05) is 19.7 Å². The molecule has 2 aromatic carbocycles. The highest BCUT2D eigenvalue weighted by Crippen LogP contribution is 2.25. The molecule has 0 radical (unpaired) electrons. The molecule has 0 saturated carbocycles. The SMILES string of the molecule is Cc1ccc(-n2c(-c3ccccc3)nn(CN3CCCC(CO)C3)c2=S)cc1C. The summed E-state index contributed by atoms with van der Waals surface area (Å²) in [7, 11) is 0. The molecule has 1 N–H and O–H groups in total. The van der Waals surface area contributed by atoms with Gasteiger partial charge in [0.2, 0.25) is 4.77 Å². The third-order valence-electron chi connectivity index (χ3n) is 5.82. The fraction of sp³-hybridized carbons (Fsp3) is 0.391. The van der Waals surface area contributed by atoms with Crippen LogP contribution in [0.3, 0.4) is 0 Å². The van der Waals surface area contributed by atoms with Crippen LogP contribution in [0.25, 0.3) is 17.1 Å². The molecule has 4 rings (SSSR count). The number of aromatic nitrogens is 3. The monoisotopic (exact) mass is 408 g/mol. The average molecular weight is 409 g/mol. The molecule has 0 bridgehead atoms. The first kappa shape index (κ1) is 20.0. The van der Waals surface area contributed by atoms with Crippen molar-refractivity contribution >= 4 is 12.2 Å². The number of hydrogen-bond donors (Lipinski definition) is 1. The fourth-order valence-electron chi connectivity index (χ4n) is 3.99. The maximum atomic E-state index is 9.55. The van der Waals surface area contributed by atoms with E-state index >= 15 is 0 Å². The Hall–Kier alpha value is -2.28. The molecular formula is C23H28N4OS. The molecule has 1 aliphatic rings. The van der Waals surface area contributed by atoms with Crippen molar-refractivity contribution in [3.05, 3.63) is 64.4 Å². The number of aliphatic hydroxyl groups excluding tert-OH is 1. The van der Waals surface area contributed by atoms with Gasteiger partial charge in [0.25, 0.3) is 0 Å². The van der Waals surface area contributed by atoms with Gasteiger partial charge in [0.05, 0.1) is 12.4 Å². The van der Waals surface area contributed by atoms with Crippen LogP contribution in [0.4, 0.5) is 0 Å². The highest BCUT2D eigenvalue weighted by molar-refractivity contribution is 7.71. The second kappa shape index (κ2) is 8.61. The Morgan fingerprint density at radius 1 is 1.10 bits per heavy atom. The summed E-state index contributed by atoms with van der Waals surface area (Å²) in [4.78, 5) is 2.34. The van der Waals surface area contributed by atoms with Gasteiger partial charge in [-0.1, -0.05) is 36.4 Å². The number of aliphatic hydroxyl groups is 1. The van der Waals surface area contributed by atoms with E-state index in [9.17, 15) is 5.11 Å². The van der Waals surface area contributed by atoms with Crippen molar-refractivity contribution in [1.29, 1.82) is 0 Å². The van der Waals surface area contributed by atoms with Gasteiger partial charge in [-0.2, -0.15) is 0 Å². The molecular weight excluding hydrogens is 380 g/mol. The number of aryl methyl sites for hydroxylation is 2. The Bertz CT molecular complexity index is 1040. The van der Waals surface area contributed by atoms with Crippen molar-refractivity contribution in [3.8, 4) is 17.1 Å². The van der Waals surface area contributed by atoms with Crippen molar-refractivity contribution in [2.24, 2.45) is 5.92 Å². The molecule has 0 aliphatic carbocycles. The molecule has 2 heterocycles. The third kappa shape index (κ3) is 4.20. The van der Waals surface area contributed by atoms with Crippen LogP contribution in [0, 0.1) is 24.5 Å². The topological polar surface area (TPSA) is 46.2 Å². The maximum Gasteiger partial charge on any atom is 0.204 e. The molecule has 1 aliphatic heterocycles. The van der Waals surface area contributed by atoms with Crippen molar-refractivity contribution < 1.29 is 5.11 Å². The zero-order valence-electron chi connectivity index (χ0n) is 17.1. The van der Waals surface area contributed by atoms with Gasteiger partial charge in [0.1, 0.15) is 0 Å². The van der Waals surface area contributed by atoms with Crippen LogP contribution < -0.4 is 0 Å². The Labute approximate surface area is 177 Å². The smallest absolute Gasteiger partial charge is 0.204 e. The van der Waals surface area contributed by atoms with Crippen molar-refractivity contribution in [1.82, 2.24) is 19.2 Å². The predicted molar refractivity (Wildman–Crippen MR) is 119 cm³/mol. The van der Waals surface area contributed by atoms with E-state index in [1.807, 2.05) is 22.9 Å². The van der Waals surface area contributed by atoms with Gasteiger partial charge in [-0.3, -0.25) is 9.47 Å². The van der Waals surface area contributed by atoms with Gasteiger partial charge >= 0.3 is 0 Å². The number of likely N-dealkylation sites (tertiary alicyclic amines) is 1. The summed E-state index contributed by atoms with van der Waals surface area (Å²) in [5, 5.41) is 14.5. The van der Waals surface area contributed by atoms with Crippen LogP contribution in [-0.4, -0.2) is 44.1 Å². The lowest BCUT2D eigenvalue weighted by atomic mass is 10.00. The molecule has 3 aromatic rings. The van der Waals surface area contributed by atoms with E-state index in [1.54, 1.807) is 0 Å². The summed E-state index contributed by atoms with van der Waals surface area (Å²) in [5.41, 5.74) is 4.58. The molecule has 1 aromatic heterocycles. The highest BCUT2D eigenvalue weighted by Gasteiger charge is 2.21. The number of benzene rings is 2. The van der Waals surface area contributed by atoms with Gasteiger partial charge in [-0.05, 0) is 74.6 Å². The molecule has 1 unspecified atom stereocenters. The second-order valence-corrected chi connectivity index (χ2v) is 8.35. The van der Waals surface area contributed by atoms with Crippen LogP contribution >= 0.6 is 12.2 Å². The van der Waals surface area contributed by atoms with E-state index in [4.69, 9.17) is 17.3 Å². The normalized spacial score (nSPS) is 17.6. The predicted octanol–water partition coefficient (Wildman–Crippen LogP) is 4.35. The minimum atomic E-state index is 0.244. The summed E-state index contributed by atoms with van der Waals surface area (Å²) in [6.07, 6.45) is 2.19. The quantitative estimate of drug-likeness (QED) is 0.638. The standard InChI is InChI=1S/C23H28N4OS/c1-17-10-11-21(13-18(17)2)27-22(20-8-4-3-5-9-20)24-26(23(27)29)16-25-12-6-7-19(14-25)15-28/h3-5,8-11,13,19,28H,6-7,12,14-16H2,1-2H3. The summed E-state index contributed by atoms with van der Waals surface area (Å²) in [6, 6.07) is 16.6. The Morgan fingerprint density at radius 2 is 1.90 bits per heavy atom. The first-order chi connectivity index (χ1) is 14.1.